The maximum atomic E-state index is 15.0. The highest BCUT2D eigenvalue weighted by Crippen LogP contribution is 2.33. The van der Waals surface area contributed by atoms with Gasteiger partial charge < -0.3 is 15.8 Å². The Morgan fingerprint density at radius 3 is 2.61 bits per heavy atom. The van der Waals surface area contributed by atoms with Crippen molar-refractivity contribution < 1.29 is 27.1 Å². The normalized spacial score (nSPS) is 14.5. The predicted molar refractivity (Wildman–Crippen MR) is 131 cm³/mol. The second kappa shape index (κ2) is 10.2. The van der Waals surface area contributed by atoms with Gasteiger partial charge in [-0.05, 0) is 35.9 Å². The van der Waals surface area contributed by atoms with Crippen LogP contribution in [0.15, 0.2) is 48.9 Å². The maximum Gasteiger partial charge on any atom is 0.416 e. The Morgan fingerprint density at radius 2 is 1.87 bits per heavy atom. The third kappa shape index (κ3) is 5.35. The molecule has 4 N–H and O–H groups in total. The lowest BCUT2D eigenvalue weighted by atomic mass is 10.1. The number of nitrogens with zero attached hydrogens (tertiary/aromatic N) is 5. The largest absolute Gasteiger partial charge is 0.416 e. The number of fused-ring (bicyclic) bond motifs is 1. The van der Waals surface area contributed by atoms with Gasteiger partial charge in [-0.1, -0.05) is 6.07 Å². The number of carbonyl (C=O) groups excluding carboxylic acids is 1. The van der Waals surface area contributed by atoms with E-state index < -0.39 is 23.6 Å². The number of nitrogens with two attached hydrogens (primary N) is 1. The molecule has 198 valence electrons. The van der Waals surface area contributed by atoms with E-state index in [2.05, 4.69) is 30.6 Å². The number of nitrogen functional groups attached to an aromatic ring is 1. The van der Waals surface area contributed by atoms with E-state index in [9.17, 15) is 18.0 Å². The Labute approximate surface area is 213 Å². The molecule has 1 aromatic carbocycles. The van der Waals surface area contributed by atoms with E-state index in [1.165, 1.54) is 18.5 Å². The number of amides is 2. The minimum atomic E-state index is -4.60. The van der Waals surface area contributed by atoms with E-state index >= 15 is 4.39 Å². The molecule has 4 aromatic rings. The van der Waals surface area contributed by atoms with Crippen molar-refractivity contribution in [1.82, 2.24) is 24.5 Å². The first-order valence-electron chi connectivity index (χ1n) is 11.5. The molecule has 0 bridgehead atoms. The second-order valence-electron chi connectivity index (χ2n) is 8.54. The fourth-order valence-electron chi connectivity index (χ4n) is 4.18. The molecule has 0 radical (unpaired) electrons. The number of pyridine rings is 1. The number of halogens is 4. The number of aromatic nitrogens is 4. The lowest BCUT2D eigenvalue weighted by Crippen LogP contribution is -2.36. The van der Waals surface area contributed by atoms with E-state index in [0.717, 1.165) is 31.0 Å². The summed E-state index contributed by atoms with van der Waals surface area (Å²) in [6.45, 7) is 3.36. The molecule has 5 rings (SSSR count). The smallest absolute Gasteiger partial charge is 0.382 e. The molecule has 1 fully saturated rings. The van der Waals surface area contributed by atoms with Crippen LogP contribution in [-0.2, 0) is 17.5 Å². The molecule has 0 aliphatic carbocycles. The molecule has 0 saturated carbocycles. The van der Waals surface area contributed by atoms with Crippen LogP contribution >= 0.6 is 0 Å². The third-order valence-corrected chi connectivity index (χ3v) is 6.00. The van der Waals surface area contributed by atoms with E-state index in [0.29, 0.717) is 42.5 Å². The molecular formula is C24H22F4N8O2. The molecule has 0 spiro atoms. The Bertz CT molecular complexity index is 1480. The fraction of sp³-hybridized carbons (Fsp3) is 0.250. The molecule has 1 aliphatic heterocycles. The Balaban J connectivity index is 1.37. The predicted octanol–water partition coefficient (Wildman–Crippen LogP) is 4.01. The van der Waals surface area contributed by atoms with Crippen molar-refractivity contribution in [2.24, 2.45) is 0 Å². The van der Waals surface area contributed by atoms with Crippen LogP contribution in [0.5, 0.6) is 0 Å². The standard InChI is InChI=1S/C24H22F4N8O2/c25-18-9-14(1-2-19(18)33-23(37)34-20-10-15(3-4-30-20)24(26,27)28)17-11-16(12-35-5-7-38-8-6-35)36-21(17)22(29)31-13-32-36/h1-4,9-11,13H,5-8,12H2,(H2,29,31,32)(H2,30,33,34,37). The van der Waals surface area contributed by atoms with Gasteiger partial charge in [-0.15, -0.1) is 0 Å². The minimum Gasteiger partial charge on any atom is -0.382 e. The summed E-state index contributed by atoms with van der Waals surface area (Å²) < 4.78 is 60.8. The fourth-order valence-corrected chi connectivity index (χ4v) is 4.18. The molecule has 1 saturated heterocycles. The van der Waals surface area contributed by atoms with Gasteiger partial charge in [-0.3, -0.25) is 10.2 Å². The van der Waals surface area contributed by atoms with Gasteiger partial charge in [-0.25, -0.2) is 23.7 Å². The van der Waals surface area contributed by atoms with Gasteiger partial charge in [-0.2, -0.15) is 18.3 Å². The van der Waals surface area contributed by atoms with Crippen molar-refractivity contribution in [2.45, 2.75) is 12.7 Å². The Kier molecular flexibility index (Phi) is 6.82. The minimum absolute atomic E-state index is 0.181. The average Bonchev–Trinajstić information content (AvgIpc) is 3.25. The van der Waals surface area contributed by atoms with Gasteiger partial charge in [0.05, 0.1) is 30.2 Å². The molecule has 1 aliphatic rings. The first kappa shape index (κ1) is 25.4. The molecule has 2 amide bonds. The highest BCUT2D eigenvalue weighted by molar-refractivity contribution is 5.99. The Morgan fingerprint density at radius 1 is 1.08 bits per heavy atom. The summed E-state index contributed by atoms with van der Waals surface area (Å²) in [5.74, 6) is -0.879. The van der Waals surface area contributed by atoms with Gasteiger partial charge in [0.1, 0.15) is 23.5 Å². The van der Waals surface area contributed by atoms with Crippen molar-refractivity contribution >= 4 is 28.9 Å². The number of benzene rings is 1. The van der Waals surface area contributed by atoms with E-state index in [-0.39, 0.29) is 17.3 Å². The monoisotopic (exact) mass is 530 g/mol. The molecule has 0 unspecified atom stereocenters. The van der Waals surface area contributed by atoms with Gasteiger partial charge in [0.25, 0.3) is 0 Å². The second-order valence-corrected chi connectivity index (χ2v) is 8.54. The van der Waals surface area contributed by atoms with Crippen LogP contribution in [0.2, 0.25) is 0 Å². The molecule has 38 heavy (non-hydrogen) atoms. The number of ether oxygens (including phenoxy) is 1. The van der Waals surface area contributed by atoms with Crippen molar-refractivity contribution in [3.8, 4) is 11.1 Å². The van der Waals surface area contributed by atoms with Crippen molar-refractivity contribution in [3.63, 3.8) is 0 Å². The number of hydrogen-bond donors (Lipinski definition) is 3. The van der Waals surface area contributed by atoms with Gasteiger partial charge >= 0.3 is 12.2 Å². The van der Waals surface area contributed by atoms with Crippen molar-refractivity contribution in [2.75, 3.05) is 42.7 Å². The summed E-state index contributed by atoms with van der Waals surface area (Å²) in [5, 5.41) is 8.78. The van der Waals surface area contributed by atoms with E-state index in [4.69, 9.17) is 10.5 Å². The highest BCUT2D eigenvalue weighted by atomic mass is 19.4. The zero-order valence-electron chi connectivity index (χ0n) is 19.8. The summed E-state index contributed by atoms with van der Waals surface area (Å²) in [6, 6.07) is 6.51. The van der Waals surface area contributed by atoms with Gasteiger partial charge in [0, 0.05) is 31.4 Å². The van der Waals surface area contributed by atoms with Crippen LogP contribution in [0, 0.1) is 5.82 Å². The van der Waals surface area contributed by atoms with Crippen LogP contribution < -0.4 is 16.4 Å². The number of carbonyl (C=O) groups is 1. The number of hydrogen-bond acceptors (Lipinski definition) is 7. The van der Waals surface area contributed by atoms with E-state index in [1.807, 2.05) is 6.07 Å². The summed E-state index contributed by atoms with van der Waals surface area (Å²) in [5.41, 5.74) is 7.42. The SMILES string of the molecule is Nc1ncnn2c(CN3CCOCC3)cc(-c3ccc(NC(=O)Nc4cc(C(F)(F)F)ccn4)c(F)c3)c12. The number of nitrogens with one attached hydrogen (secondary N) is 2. The van der Waals surface area contributed by atoms with Crippen molar-refractivity contribution in [1.29, 1.82) is 0 Å². The van der Waals surface area contributed by atoms with Crippen molar-refractivity contribution in [3.05, 3.63) is 66.0 Å². The number of morpholine rings is 1. The van der Waals surface area contributed by atoms with Gasteiger partial charge in [0.15, 0.2) is 5.82 Å². The number of urea groups is 1. The van der Waals surface area contributed by atoms with Crippen LogP contribution in [0.1, 0.15) is 11.3 Å². The van der Waals surface area contributed by atoms with Crippen LogP contribution in [0.4, 0.5) is 39.7 Å². The first-order chi connectivity index (χ1) is 18.2. The maximum absolute atomic E-state index is 15.0. The van der Waals surface area contributed by atoms with E-state index in [1.54, 1.807) is 10.6 Å². The average molecular weight is 530 g/mol. The molecule has 0 atom stereocenters. The first-order valence-corrected chi connectivity index (χ1v) is 11.5. The number of anilines is 3. The molecule has 10 nitrogen and oxygen atoms in total. The third-order valence-electron chi connectivity index (χ3n) is 6.00. The zero-order chi connectivity index (χ0) is 26.9. The van der Waals surface area contributed by atoms with Crippen LogP contribution in [-0.4, -0.2) is 56.8 Å². The number of rotatable bonds is 5. The topological polar surface area (TPSA) is 123 Å². The lowest BCUT2D eigenvalue weighted by Gasteiger charge is -2.26. The summed E-state index contributed by atoms with van der Waals surface area (Å²) in [4.78, 5) is 22.3. The molecule has 3 aromatic heterocycles. The molecule has 4 heterocycles. The zero-order valence-corrected chi connectivity index (χ0v) is 19.8. The molecular weight excluding hydrogens is 508 g/mol. The summed E-state index contributed by atoms with van der Waals surface area (Å²) >= 11 is 0. The summed E-state index contributed by atoms with van der Waals surface area (Å²) in [7, 11) is 0. The Hall–Kier alpha value is -4.30. The summed E-state index contributed by atoms with van der Waals surface area (Å²) in [6.07, 6.45) is -2.34. The highest BCUT2D eigenvalue weighted by Gasteiger charge is 2.31. The quantitative estimate of drug-likeness (QED) is 0.333. The molecule has 14 heteroatoms. The number of alkyl halides is 3. The van der Waals surface area contributed by atoms with Gasteiger partial charge in [0.2, 0.25) is 0 Å². The van der Waals surface area contributed by atoms with Crippen LogP contribution in [0.3, 0.4) is 0 Å². The van der Waals surface area contributed by atoms with Crippen LogP contribution in [0.25, 0.3) is 16.6 Å². The lowest BCUT2D eigenvalue weighted by molar-refractivity contribution is -0.137.